The normalized spacial score (nSPS) is 11.3. The summed E-state index contributed by atoms with van der Waals surface area (Å²) in [6, 6.07) is 18.9. The molecule has 5 nitrogen and oxygen atoms in total. The number of hydrogen-bond donors (Lipinski definition) is 0. The Labute approximate surface area is 147 Å². The van der Waals surface area contributed by atoms with E-state index < -0.39 is 0 Å². The number of imidazole rings is 1. The molecule has 0 radical (unpaired) electrons. The molecule has 0 fully saturated rings. The van der Waals surface area contributed by atoms with Gasteiger partial charge in [-0.1, -0.05) is 42.5 Å². The van der Waals surface area contributed by atoms with E-state index in [4.69, 9.17) is 0 Å². The van der Waals surface area contributed by atoms with Gasteiger partial charge in [-0.25, -0.2) is 9.13 Å². The summed E-state index contributed by atoms with van der Waals surface area (Å²) >= 11 is 0. The Morgan fingerprint density at radius 2 is 1.76 bits per heavy atom. The molecule has 0 saturated carbocycles. The molecule has 0 spiro atoms. The molecule has 0 aliphatic heterocycles. The number of rotatable bonds is 5. The Morgan fingerprint density at radius 3 is 2.60 bits per heavy atom. The summed E-state index contributed by atoms with van der Waals surface area (Å²) in [5.41, 5.74) is 4.87. The average molecular weight is 333 g/mol. The van der Waals surface area contributed by atoms with Crippen molar-refractivity contribution in [3.63, 3.8) is 0 Å². The number of para-hydroxylation sites is 2. The minimum Gasteiger partial charge on any atom is -0.233 e. The van der Waals surface area contributed by atoms with E-state index in [1.165, 1.54) is 16.6 Å². The summed E-state index contributed by atoms with van der Waals surface area (Å²) < 4.78 is 8.47. The summed E-state index contributed by atoms with van der Waals surface area (Å²) in [5.74, 6) is 0. The van der Waals surface area contributed by atoms with Crippen LogP contribution >= 0.6 is 0 Å². The highest BCUT2D eigenvalue weighted by atomic mass is 15.5. The molecule has 2 aromatic carbocycles. The van der Waals surface area contributed by atoms with Crippen LogP contribution < -0.4 is 9.25 Å². The minimum atomic E-state index is 0.900. The molecule has 0 aliphatic carbocycles. The number of aromatic nitrogens is 5. The molecule has 25 heavy (non-hydrogen) atoms. The van der Waals surface area contributed by atoms with Gasteiger partial charge in [-0.15, -0.1) is 9.36 Å². The maximum Gasteiger partial charge on any atom is 0.244 e. The fourth-order valence-electron chi connectivity index (χ4n) is 3.37. The zero-order valence-corrected chi connectivity index (χ0v) is 14.7. The van der Waals surface area contributed by atoms with Crippen LogP contribution in [0, 0.1) is 0 Å². The van der Waals surface area contributed by atoms with Crippen molar-refractivity contribution in [2.75, 3.05) is 0 Å². The van der Waals surface area contributed by atoms with Crippen molar-refractivity contribution in [3.05, 3.63) is 67.1 Å². The molecule has 126 valence electrons. The molecular formula is C20H23N5+2. The summed E-state index contributed by atoms with van der Waals surface area (Å²) in [6.45, 7) is 1.88. The lowest BCUT2D eigenvalue weighted by molar-refractivity contribution is -0.755. The van der Waals surface area contributed by atoms with Gasteiger partial charge in [-0.05, 0) is 12.1 Å². The van der Waals surface area contributed by atoms with Crippen LogP contribution in [0.25, 0.3) is 22.3 Å². The molecule has 5 heteroatoms. The molecule has 0 saturated heterocycles. The topological polar surface area (TPSA) is 30.5 Å². The van der Waals surface area contributed by atoms with Crippen LogP contribution in [-0.4, -0.2) is 14.5 Å². The summed E-state index contributed by atoms with van der Waals surface area (Å²) in [5, 5.41) is 4.60. The highest BCUT2D eigenvalue weighted by molar-refractivity contribution is 5.71. The largest absolute Gasteiger partial charge is 0.244 e. The highest BCUT2D eigenvalue weighted by Crippen LogP contribution is 2.15. The van der Waals surface area contributed by atoms with Gasteiger partial charge in [0.05, 0.1) is 18.8 Å². The third-order valence-corrected chi connectivity index (χ3v) is 4.61. The van der Waals surface area contributed by atoms with Gasteiger partial charge in [0.25, 0.3) is 0 Å². The number of benzene rings is 2. The molecule has 4 rings (SSSR count). The van der Waals surface area contributed by atoms with Gasteiger partial charge in [0.2, 0.25) is 6.33 Å². The molecule has 0 bridgehead atoms. The molecule has 4 aromatic rings. The van der Waals surface area contributed by atoms with Crippen molar-refractivity contribution in [1.82, 2.24) is 14.5 Å². The molecular weight excluding hydrogens is 310 g/mol. The Bertz CT molecular complexity index is 998. The van der Waals surface area contributed by atoms with Crippen molar-refractivity contribution >= 4 is 11.0 Å². The van der Waals surface area contributed by atoms with Crippen LogP contribution in [0.2, 0.25) is 0 Å². The van der Waals surface area contributed by atoms with E-state index in [9.17, 15) is 0 Å². The molecule has 0 unspecified atom stereocenters. The Morgan fingerprint density at radius 1 is 1.00 bits per heavy atom. The molecule has 0 amide bonds. The van der Waals surface area contributed by atoms with Crippen LogP contribution in [-0.2, 0) is 27.2 Å². The average Bonchev–Trinajstić information content (AvgIpc) is 3.17. The second-order valence-corrected chi connectivity index (χ2v) is 6.42. The Kier molecular flexibility index (Phi) is 4.06. The molecule has 0 aliphatic rings. The minimum absolute atomic E-state index is 0.900. The van der Waals surface area contributed by atoms with E-state index >= 15 is 0 Å². The third-order valence-electron chi connectivity index (χ3n) is 4.61. The van der Waals surface area contributed by atoms with E-state index in [1.54, 1.807) is 0 Å². The summed E-state index contributed by atoms with van der Waals surface area (Å²) in [7, 11) is 4.09. The van der Waals surface area contributed by atoms with Gasteiger partial charge >= 0.3 is 0 Å². The van der Waals surface area contributed by atoms with Crippen molar-refractivity contribution in [3.8, 4) is 11.3 Å². The van der Waals surface area contributed by atoms with Gasteiger partial charge in [0.1, 0.15) is 13.6 Å². The Balaban J connectivity index is 1.47. The van der Waals surface area contributed by atoms with Crippen molar-refractivity contribution in [2.24, 2.45) is 14.1 Å². The zero-order chi connectivity index (χ0) is 17.2. The van der Waals surface area contributed by atoms with E-state index in [-0.39, 0.29) is 0 Å². The molecule has 0 N–H and O–H groups in total. The summed E-state index contributed by atoms with van der Waals surface area (Å²) in [4.78, 5) is 0. The van der Waals surface area contributed by atoms with Crippen molar-refractivity contribution < 1.29 is 9.25 Å². The van der Waals surface area contributed by atoms with Crippen LogP contribution in [0.1, 0.15) is 6.42 Å². The zero-order valence-electron chi connectivity index (χ0n) is 14.7. The first-order chi connectivity index (χ1) is 12.2. The van der Waals surface area contributed by atoms with Crippen LogP contribution in [0.15, 0.2) is 67.1 Å². The predicted octanol–water partition coefficient (Wildman–Crippen LogP) is 2.24. The standard InChI is InChI=1S/C20H23N5/c1-22-16-24(19-12-7-6-11-18(19)22)13-8-14-25-15-20(23(2)21-25)17-9-4-3-5-10-17/h3-7,9-12,15-16H,8,13-14H2,1-2H3/q+2. The first-order valence-corrected chi connectivity index (χ1v) is 8.65. The van der Waals surface area contributed by atoms with Gasteiger partial charge in [0.15, 0.2) is 22.9 Å². The molecule has 0 atom stereocenters. The second kappa shape index (κ2) is 6.51. The smallest absolute Gasteiger partial charge is 0.233 e. The number of nitrogens with zero attached hydrogens (tertiary/aromatic N) is 5. The maximum atomic E-state index is 4.60. The Hall–Kier alpha value is -2.95. The van der Waals surface area contributed by atoms with Crippen LogP contribution in [0.3, 0.4) is 0 Å². The van der Waals surface area contributed by atoms with Crippen LogP contribution in [0.5, 0.6) is 0 Å². The summed E-state index contributed by atoms with van der Waals surface area (Å²) in [6.07, 6.45) is 5.33. The van der Waals surface area contributed by atoms with E-state index in [1.807, 2.05) is 22.5 Å². The van der Waals surface area contributed by atoms with Gasteiger partial charge in [0, 0.05) is 12.0 Å². The van der Waals surface area contributed by atoms with Gasteiger partial charge in [-0.2, -0.15) is 0 Å². The monoisotopic (exact) mass is 333 g/mol. The lowest BCUT2D eigenvalue weighted by atomic mass is 10.2. The number of hydrogen-bond acceptors (Lipinski definition) is 1. The maximum absolute atomic E-state index is 4.60. The van der Waals surface area contributed by atoms with E-state index in [0.29, 0.717) is 0 Å². The van der Waals surface area contributed by atoms with Crippen molar-refractivity contribution in [1.29, 1.82) is 0 Å². The van der Waals surface area contributed by atoms with Gasteiger partial charge < -0.3 is 0 Å². The van der Waals surface area contributed by atoms with Gasteiger partial charge in [-0.3, -0.25) is 0 Å². The van der Waals surface area contributed by atoms with E-state index in [0.717, 1.165) is 25.2 Å². The van der Waals surface area contributed by atoms with Crippen molar-refractivity contribution in [2.45, 2.75) is 19.5 Å². The number of aryl methyl sites for hydroxylation is 4. The highest BCUT2D eigenvalue weighted by Gasteiger charge is 2.16. The first-order valence-electron chi connectivity index (χ1n) is 8.65. The third kappa shape index (κ3) is 3.05. The first kappa shape index (κ1) is 15.6. The van der Waals surface area contributed by atoms with E-state index in [2.05, 4.69) is 82.5 Å². The lowest BCUT2D eigenvalue weighted by Crippen LogP contribution is -2.36. The molecule has 2 aromatic heterocycles. The SMILES string of the molecule is Cn1n[n+](CCCn2c[n+](C)c3ccccc32)cc1-c1ccccc1. The molecule has 2 heterocycles. The quantitative estimate of drug-likeness (QED) is 0.515. The number of fused-ring (bicyclic) bond motifs is 1. The van der Waals surface area contributed by atoms with Crippen LogP contribution in [0.4, 0.5) is 0 Å². The fourth-order valence-corrected chi connectivity index (χ4v) is 3.37. The fraction of sp³-hybridized carbons (Fsp3) is 0.250. The predicted molar refractivity (Wildman–Crippen MR) is 96.6 cm³/mol. The second-order valence-electron chi connectivity index (χ2n) is 6.42. The lowest BCUT2D eigenvalue weighted by Gasteiger charge is -1.95.